The standard InChI is InChI=1S/C15H20FNO3/c1-4-7-17-14(15(18-2)19-3)13-9-10-8-11(16)5-6-12(10)20-13/h5-6,8-9,14-15,17H,4,7H2,1-3H3. The van der Waals surface area contributed by atoms with Crippen molar-refractivity contribution in [2.45, 2.75) is 25.7 Å². The molecular weight excluding hydrogens is 261 g/mol. The van der Waals surface area contributed by atoms with Crippen molar-refractivity contribution in [2.75, 3.05) is 20.8 Å². The zero-order valence-corrected chi connectivity index (χ0v) is 12.0. The summed E-state index contributed by atoms with van der Waals surface area (Å²) >= 11 is 0. The Morgan fingerprint density at radius 1 is 1.25 bits per heavy atom. The van der Waals surface area contributed by atoms with Gasteiger partial charge in [0.15, 0.2) is 6.29 Å². The third kappa shape index (κ3) is 3.17. The smallest absolute Gasteiger partial charge is 0.179 e. The van der Waals surface area contributed by atoms with E-state index in [1.807, 2.05) is 6.07 Å². The van der Waals surface area contributed by atoms with E-state index in [0.29, 0.717) is 11.3 Å². The molecule has 0 saturated heterocycles. The van der Waals surface area contributed by atoms with E-state index in [0.717, 1.165) is 18.4 Å². The average molecular weight is 281 g/mol. The highest BCUT2D eigenvalue weighted by molar-refractivity contribution is 5.78. The van der Waals surface area contributed by atoms with Crippen LogP contribution in [0.2, 0.25) is 0 Å². The predicted molar refractivity (Wildman–Crippen MR) is 75.0 cm³/mol. The number of ether oxygens (including phenoxy) is 2. The van der Waals surface area contributed by atoms with E-state index in [4.69, 9.17) is 13.9 Å². The van der Waals surface area contributed by atoms with E-state index in [9.17, 15) is 4.39 Å². The highest BCUT2D eigenvalue weighted by atomic mass is 19.1. The Labute approximate surface area is 117 Å². The van der Waals surface area contributed by atoms with E-state index in [1.165, 1.54) is 12.1 Å². The number of nitrogens with one attached hydrogen (secondary N) is 1. The maximum Gasteiger partial charge on any atom is 0.179 e. The quantitative estimate of drug-likeness (QED) is 0.791. The second kappa shape index (κ2) is 6.83. The van der Waals surface area contributed by atoms with Crippen molar-refractivity contribution in [1.29, 1.82) is 0 Å². The molecule has 0 saturated carbocycles. The molecule has 0 amide bonds. The van der Waals surface area contributed by atoms with E-state index in [-0.39, 0.29) is 11.9 Å². The van der Waals surface area contributed by atoms with Gasteiger partial charge in [0, 0.05) is 19.6 Å². The summed E-state index contributed by atoms with van der Waals surface area (Å²) in [6.07, 6.45) is 0.512. The van der Waals surface area contributed by atoms with Crippen molar-refractivity contribution >= 4 is 11.0 Å². The van der Waals surface area contributed by atoms with E-state index < -0.39 is 6.29 Å². The molecule has 0 aliphatic rings. The van der Waals surface area contributed by atoms with E-state index >= 15 is 0 Å². The van der Waals surface area contributed by atoms with Gasteiger partial charge in [-0.15, -0.1) is 0 Å². The van der Waals surface area contributed by atoms with Gasteiger partial charge >= 0.3 is 0 Å². The Balaban J connectivity index is 2.33. The van der Waals surface area contributed by atoms with Gasteiger partial charge in [0.1, 0.15) is 23.2 Å². The summed E-state index contributed by atoms with van der Waals surface area (Å²) in [5.41, 5.74) is 0.649. The monoisotopic (exact) mass is 281 g/mol. The summed E-state index contributed by atoms with van der Waals surface area (Å²) in [4.78, 5) is 0. The molecule has 0 radical (unpaired) electrons. The summed E-state index contributed by atoms with van der Waals surface area (Å²) in [6.45, 7) is 2.88. The molecule has 1 aromatic carbocycles. The van der Waals surface area contributed by atoms with Gasteiger partial charge < -0.3 is 19.2 Å². The van der Waals surface area contributed by atoms with Crippen LogP contribution in [-0.2, 0) is 9.47 Å². The lowest BCUT2D eigenvalue weighted by Gasteiger charge is -2.23. The lowest BCUT2D eigenvalue weighted by molar-refractivity contribution is -0.127. The molecule has 1 N–H and O–H groups in total. The first-order chi connectivity index (χ1) is 9.69. The van der Waals surface area contributed by atoms with Gasteiger partial charge in [-0.3, -0.25) is 0 Å². The number of methoxy groups -OCH3 is 2. The molecule has 2 aromatic rings. The second-order valence-electron chi connectivity index (χ2n) is 4.60. The molecule has 1 unspecified atom stereocenters. The topological polar surface area (TPSA) is 43.6 Å². The molecule has 4 nitrogen and oxygen atoms in total. The van der Waals surface area contributed by atoms with E-state index in [1.54, 1.807) is 20.3 Å². The van der Waals surface area contributed by atoms with Crippen LogP contribution in [0.4, 0.5) is 4.39 Å². The Kier molecular flexibility index (Phi) is 5.11. The molecule has 0 aliphatic carbocycles. The molecule has 1 atom stereocenters. The molecule has 0 aliphatic heterocycles. The zero-order chi connectivity index (χ0) is 14.5. The average Bonchev–Trinajstić information content (AvgIpc) is 2.86. The number of furan rings is 1. The van der Waals surface area contributed by atoms with Gasteiger partial charge in [0.25, 0.3) is 0 Å². The van der Waals surface area contributed by atoms with Crippen LogP contribution in [-0.4, -0.2) is 27.1 Å². The normalized spacial score (nSPS) is 13.2. The fraction of sp³-hybridized carbons (Fsp3) is 0.467. The number of fused-ring (bicyclic) bond motifs is 1. The first-order valence-electron chi connectivity index (χ1n) is 6.67. The molecule has 1 heterocycles. The van der Waals surface area contributed by atoms with Gasteiger partial charge in [-0.25, -0.2) is 4.39 Å². The minimum Gasteiger partial charge on any atom is -0.459 e. The first kappa shape index (κ1) is 15.0. The Bertz CT molecular complexity index is 551. The van der Waals surface area contributed by atoms with Crippen LogP contribution in [0.3, 0.4) is 0 Å². The van der Waals surface area contributed by atoms with Gasteiger partial charge in [0.2, 0.25) is 0 Å². The summed E-state index contributed by atoms with van der Waals surface area (Å²) in [5, 5.41) is 4.06. The molecule has 0 spiro atoms. The molecule has 110 valence electrons. The fourth-order valence-corrected chi connectivity index (χ4v) is 2.19. The predicted octanol–water partition coefficient (Wildman–Crippen LogP) is 3.23. The largest absolute Gasteiger partial charge is 0.459 e. The van der Waals surface area contributed by atoms with E-state index in [2.05, 4.69) is 12.2 Å². The number of rotatable bonds is 7. The summed E-state index contributed by atoms with van der Waals surface area (Å²) in [5.74, 6) is 0.394. The summed E-state index contributed by atoms with van der Waals surface area (Å²) < 4.78 is 29.6. The van der Waals surface area contributed by atoms with Crippen molar-refractivity contribution in [3.05, 3.63) is 35.8 Å². The second-order valence-corrected chi connectivity index (χ2v) is 4.60. The van der Waals surface area contributed by atoms with Crippen molar-refractivity contribution in [2.24, 2.45) is 0 Å². The van der Waals surface area contributed by atoms with Crippen molar-refractivity contribution < 1.29 is 18.3 Å². The van der Waals surface area contributed by atoms with Crippen LogP contribution in [0.15, 0.2) is 28.7 Å². The maximum absolute atomic E-state index is 13.2. The zero-order valence-electron chi connectivity index (χ0n) is 12.0. The first-order valence-corrected chi connectivity index (χ1v) is 6.67. The van der Waals surface area contributed by atoms with Crippen LogP contribution in [0.25, 0.3) is 11.0 Å². The third-order valence-electron chi connectivity index (χ3n) is 3.15. The van der Waals surface area contributed by atoms with Crippen LogP contribution in [0.1, 0.15) is 25.1 Å². The molecule has 1 aromatic heterocycles. The third-order valence-corrected chi connectivity index (χ3v) is 3.15. The molecule has 20 heavy (non-hydrogen) atoms. The number of hydrogen-bond donors (Lipinski definition) is 1. The minimum absolute atomic E-state index is 0.236. The SMILES string of the molecule is CCCNC(c1cc2cc(F)ccc2o1)C(OC)OC. The maximum atomic E-state index is 13.2. The van der Waals surface area contributed by atoms with Crippen molar-refractivity contribution in [3.8, 4) is 0 Å². The lowest BCUT2D eigenvalue weighted by atomic mass is 10.2. The van der Waals surface area contributed by atoms with Crippen molar-refractivity contribution in [1.82, 2.24) is 5.32 Å². The van der Waals surface area contributed by atoms with Crippen LogP contribution in [0.5, 0.6) is 0 Å². The fourth-order valence-electron chi connectivity index (χ4n) is 2.19. The highest BCUT2D eigenvalue weighted by Gasteiger charge is 2.25. The molecule has 0 bridgehead atoms. The molecule has 0 fully saturated rings. The highest BCUT2D eigenvalue weighted by Crippen LogP contribution is 2.27. The lowest BCUT2D eigenvalue weighted by Crippen LogP contribution is -2.34. The molecule has 5 heteroatoms. The molecule has 2 rings (SSSR count). The minimum atomic E-state index is -0.466. The summed E-state index contributed by atoms with van der Waals surface area (Å²) in [7, 11) is 3.16. The Hall–Kier alpha value is -1.43. The van der Waals surface area contributed by atoms with Crippen LogP contribution < -0.4 is 5.32 Å². The molecular formula is C15H20FNO3. The Morgan fingerprint density at radius 2 is 2.00 bits per heavy atom. The number of halogens is 1. The van der Waals surface area contributed by atoms with Gasteiger partial charge in [-0.1, -0.05) is 6.92 Å². The number of hydrogen-bond acceptors (Lipinski definition) is 4. The van der Waals surface area contributed by atoms with Gasteiger partial charge in [0.05, 0.1) is 0 Å². The van der Waals surface area contributed by atoms with Crippen molar-refractivity contribution in [3.63, 3.8) is 0 Å². The van der Waals surface area contributed by atoms with Crippen LogP contribution >= 0.6 is 0 Å². The van der Waals surface area contributed by atoms with Gasteiger partial charge in [-0.2, -0.15) is 0 Å². The Morgan fingerprint density at radius 3 is 2.65 bits per heavy atom. The van der Waals surface area contributed by atoms with Crippen LogP contribution in [0, 0.1) is 5.82 Å². The van der Waals surface area contributed by atoms with Gasteiger partial charge in [-0.05, 0) is 37.2 Å². The summed E-state index contributed by atoms with van der Waals surface area (Å²) in [6, 6.07) is 6.04. The number of benzene rings is 1.